The van der Waals surface area contributed by atoms with Gasteiger partial charge in [-0.3, -0.25) is 0 Å². The molecule has 0 aromatic carbocycles. The van der Waals surface area contributed by atoms with Crippen molar-refractivity contribution < 1.29 is 0 Å². The van der Waals surface area contributed by atoms with Crippen LogP contribution in [-0.2, 0) is 0 Å². The van der Waals surface area contributed by atoms with Crippen LogP contribution in [0.3, 0.4) is 0 Å². The van der Waals surface area contributed by atoms with Crippen molar-refractivity contribution in [3.05, 3.63) is 158 Å². The first kappa shape index (κ1) is 42.6. The van der Waals surface area contributed by atoms with Gasteiger partial charge in [0.2, 0.25) is 0 Å². The van der Waals surface area contributed by atoms with Crippen LogP contribution in [0.15, 0.2) is 158 Å². The third-order valence-corrected chi connectivity index (χ3v) is 7.00. The van der Waals surface area contributed by atoms with Gasteiger partial charge in [0.25, 0.3) is 0 Å². The van der Waals surface area contributed by atoms with Crippen molar-refractivity contribution in [1.29, 1.82) is 0 Å². The molecule has 0 saturated heterocycles. The Morgan fingerprint density at radius 2 is 0.500 bits per heavy atom. The molecular weight excluding hydrogens is 553 g/mol. The third-order valence-electron chi connectivity index (χ3n) is 7.00. The summed E-state index contributed by atoms with van der Waals surface area (Å²) in [5.74, 6) is 0. The van der Waals surface area contributed by atoms with Gasteiger partial charge in [-0.05, 0) is 116 Å². The minimum atomic E-state index is 1.02. The molecule has 0 radical (unpaired) electrons. The predicted octanol–water partition coefficient (Wildman–Crippen LogP) is 15.3. The summed E-state index contributed by atoms with van der Waals surface area (Å²) in [7, 11) is 0. The van der Waals surface area contributed by atoms with Gasteiger partial charge in [-0.1, -0.05) is 172 Å². The SMILES string of the molecule is C=C(CCCC=CCC=CCC=CCC=CCC=CCC=CCC)CCCC=CCC=CCC=CCC=CCC=CCC=CCC. The highest BCUT2D eigenvalue weighted by atomic mass is 14.0. The van der Waals surface area contributed by atoms with Crippen LogP contribution in [0.1, 0.15) is 129 Å². The second-order valence-corrected chi connectivity index (χ2v) is 11.4. The van der Waals surface area contributed by atoms with Gasteiger partial charge in [-0.15, -0.1) is 0 Å². The van der Waals surface area contributed by atoms with Crippen molar-refractivity contribution in [2.75, 3.05) is 0 Å². The summed E-state index contributed by atoms with van der Waals surface area (Å²) in [5.41, 5.74) is 1.40. The van der Waals surface area contributed by atoms with Gasteiger partial charge in [0.15, 0.2) is 0 Å². The van der Waals surface area contributed by atoms with E-state index in [9.17, 15) is 0 Å². The standard InChI is InChI=1S/C46H68/c1-4-6-8-10-12-14-16-18-20-22-24-26-28-30-32-34-36-38-40-42-44-46(3)45-43-41-39-37-35-33-31-29-27-25-23-21-19-17-15-13-11-9-7-5-2/h6-9,12-15,18-21,24-27,30-33,36-39H,3-5,10-11,16-17,22-23,28-29,34-35,40-45H2,1-2H3. The lowest BCUT2D eigenvalue weighted by Crippen LogP contribution is -1.83. The van der Waals surface area contributed by atoms with E-state index in [2.05, 4.69) is 166 Å². The molecule has 0 atom stereocenters. The summed E-state index contributed by atoms with van der Waals surface area (Å²) in [4.78, 5) is 0. The zero-order valence-corrected chi connectivity index (χ0v) is 29.8. The topological polar surface area (TPSA) is 0 Å². The smallest absolute Gasteiger partial charge is 0.0169 e. The molecule has 0 bridgehead atoms. The Morgan fingerprint density at radius 3 is 0.717 bits per heavy atom. The lowest BCUT2D eigenvalue weighted by atomic mass is 10.0. The highest BCUT2D eigenvalue weighted by Crippen LogP contribution is 2.13. The Morgan fingerprint density at radius 1 is 0.304 bits per heavy atom. The van der Waals surface area contributed by atoms with Gasteiger partial charge in [0.1, 0.15) is 0 Å². The molecular formula is C46H68. The average Bonchev–Trinajstić information content (AvgIpc) is 3.06. The van der Waals surface area contributed by atoms with Crippen LogP contribution in [0.5, 0.6) is 0 Å². The van der Waals surface area contributed by atoms with Crippen molar-refractivity contribution in [3.63, 3.8) is 0 Å². The van der Waals surface area contributed by atoms with E-state index in [0.29, 0.717) is 0 Å². The molecule has 252 valence electrons. The van der Waals surface area contributed by atoms with E-state index in [4.69, 9.17) is 0 Å². The maximum absolute atomic E-state index is 4.29. The Labute approximate surface area is 286 Å². The minimum Gasteiger partial charge on any atom is -0.0999 e. The third kappa shape index (κ3) is 38.6. The van der Waals surface area contributed by atoms with Crippen molar-refractivity contribution in [1.82, 2.24) is 0 Å². The summed E-state index contributed by atoms with van der Waals surface area (Å²) < 4.78 is 0. The van der Waals surface area contributed by atoms with Crippen LogP contribution in [0.25, 0.3) is 0 Å². The van der Waals surface area contributed by atoms with Crippen molar-refractivity contribution in [3.8, 4) is 0 Å². The number of rotatable bonds is 30. The zero-order chi connectivity index (χ0) is 33.3. The monoisotopic (exact) mass is 621 g/mol. The first-order chi connectivity index (χ1) is 22.8. The van der Waals surface area contributed by atoms with Crippen molar-refractivity contribution in [2.24, 2.45) is 0 Å². The molecule has 0 aromatic rings. The van der Waals surface area contributed by atoms with E-state index in [-0.39, 0.29) is 0 Å². The number of hydrogen-bond donors (Lipinski definition) is 0. The first-order valence-corrected chi connectivity index (χ1v) is 18.3. The molecule has 0 nitrogen and oxygen atoms in total. The van der Waals surface area contributed by atoms with E-state index >= 15 is 0 Å². The molecule has 0 amide bonds. The van der Waals surface area contributed by atoms with Crippen LogP contribution in [0, 0.1) is 0 Å². The van der Waals surface area contributed by atoms with Gasteiger partial charge in [0.05, 0.1) is 0 Å². The minimum absolute atomic E-state index is 1.02. The number of hydrogen-bond acceptors (Lipinski definition) is 0. The Kier molecular flexibility index (Phi) is 36.7. The van der Waals surface area contributed by atoms with E-state index in [0.717, 1.165) is 103 Å². The maximum atomic E-state index is 4.29. The second-order valence-electron chi connectivity index (χ2n) is 11.4. The van der Waals surface area contributed by atoms with Gasteiger partial charge < -0.3 is 0 Å². The lowest BCUT2D eigenvalue weighted by Gasteiger charge is -2.03. The summed E-state index contributed by atoms with van der Waals surface area (Å²) in [6, 6.07) is 0. The molecule has 0 heterocycles. The van der Waals surface area contributed by atoms with Gasteiger partial charge in [-0.2, -0.15) is 0 Å². The van der Waals surface area contributed by atoms with E-state index in [1.54, 1.807) is 0 Å². The lowest BCUT2D eigenvalue weighted by molar-refractivity contribution is 0.749. The normalized spacial score (nSPS) is 13.6. The van der Waals surface area contributed by atoms with Crippen LogP contribution in [0.2, 0.25) is 0 Å². The highest BCUT2D eigenvalue weighted by Gasteiger charge is 1.94. The molecule has 0 spiro atoms. The molecule has 0 aliphatic carbocycles. The van der Waals surface area contributed by atoms with Gasteiger partial charge >= 0.3 is 0 Å². The highest BCUT2D eigenvalue weighted by molar-refractivity contribution is 5.04. The molecule has 0 heteroatoms. The fourth-order valence-corrected chi connectivity index (χ4v) is 4.34. The second kappa shape index (κ2) is 39.6. The molecule has 0 unspecified atom stereocenters. The average molecular weight is 621 g/mol. The van der Waals surface area contributed by atoms with E-state index < -0.39 is 0 Å². The van der Waals surface area contributed by atoms with Crippen LogP contribution < -0.4 is 0 Å². The molecule has 0 rings (SSSR count). The van der Waals surface area contributed by atoms with Crippen molar-refractivity contribution in [2.45, 2.75) is 129 Å². The first-order valence-electron chi connectivity index (χ1n) is 18.3. The number of allylic oxidation sites excluding steroid dienone is 25. The molecule has 0 saturated carbocycles. The van der Waals surface area contributed by atoms with E-state index in [1.165, 1.54) is 18.4 Å². The molecule has 0 fully saturated rings. The summed E-state index contributed by atoms with van der Waals surface area (Å²) in [6.07, 6.45) is 73.6. The van der Waals surface area contributed by atoms with Gasteiger partial charge in [-0.25, -0.2) is 0 Å². The van der Waals surface area contributed by atoms with Crippen LogP contribution in [0.4, 0.5) is 0 Å². The molecule has 0 aliphatic rings. The molecule has 0 aromatic heterocycles. The maximum Gasteiger partial charge on any atom is -0.0169 e. The van der Waals surface area contributed by atoms with Gasteiger partial charge in [0, 0.05) is 0 Å². The Bertz CT molecular complexity index is 940. The van der Waals surface area contributed by atoms with Crippen LogP contribution >= 0.6 is 0 Å². The summed E-state index contributed by atoms with van der Waals surface area (Å²) >= 11 is 0. The molecule has 0 aliphatic heterocycles. The summed E-state index contributed by atoms with van der Waals surface area (Å²) in [6.45, 7) is 8.63. The molecule has 0 N–H and O–H groups in total. The van der Waals surface area contributed by atoms with Crippen LogP contribution in [-0.4, -0.2) is 0 Å². The largest absolute Gasteiger partial charge is 0.0999 e. The zero-order valence-electron chi connectivity index (χ0n) is 29.8. The van der Waals surface area contributed by atoms with E-state index in [1.807, 2.05) is 0 Å². The Hall–Kier alpha value is -3.38. The fourth-order valence-electron chi connectivity index (χ4n) is 4.34. The predicted molar refractivity (Wildman–Crippen MR) is 213 cm³/mol. The fraction of sp³-hybridized carbons (Fsp3) is 0.435. The van der Waals surface area contributed by atoms with Crippen molar-refractivity contribution >= 4 is 0 Å². The Balaban J connectivity index is 3.61. The quantitative estimate of drug-likeness (QED) is 0.0553. The molecule has 46 heavy (non-hydrogen) atoms. The number of unbranched alkanes of at least 4 members (excludes halogenated alkanes) is 2. The summed E-state index contributed by atoms with van der Waals surface area (Å²) in [5, 5.41) is 0.